The fraction of sp³-hybridized carbons (Fsp3) is 0.538. The van der Waals surface area contributed by atoms with Crippen molar-refractivity contribution in [3.05, 3.63) is 23.9 Å². The van der Waals surface area contributed by atoms with Crippen LogP contribution in [0.25, 0.3) is 0 Å². The molecule has 2 rings (SSSR count). The molecule has 1 atom stereocenters. The highest BCUT2D eigenvalue weighted by Gasteiger charge is 2.21. The lowest BCUT2D eigenvalue weighted by molar-refractivity contribution is 0.0682. The van der Waals surface area contributed by atoms with Crippen molar-refractivity contribution in [2.45, 2.75) is 19.8 Å². The number of anilines is 1. The molecule has 4 nitrogen and oxygen atoms in total. The van der Waals surface area contributed by atoms with Gasteiger partial charge in [-0.15, -0.1) is 0 Å². The Morgan fingerprint density at radius 1 is 1.53 bits per heavy atom. The Morgan fingerprint density at radius 2 is 2.35 bits per heavy atom. The van der Waals surface area contributed by atoms with Gasteiger partial charge in [0, 0.05) is 26.3 Å². The Balaban J connectivity index is 2.07. The summed E-state index contributed by atoms with van der Waals surface area (Å²) in [6.45, 7) is 3.94. The monoisotopic (exact) mass is 233 g/mol. The maximum absolute atomic E-state index is 12.2. The molecule has 0 radical (unpaired) electrons. The number of hydrogen-bond donors (Lipinski definition) is 1. The summed E-state index contributed by atoms with van der Waals surface area (Å²) in [5, 5.41) is 2.94. The van der Waals surface area contributed by atoms with Crippen molar-refractivity contribution in [1.29, 1.82) is 0 Å². The third-order valence-corrected chi connectivity index (χ3v) is 3.21. The van der Waals surface area contributed by atoms with E-state index in [2.05, 4.69) is 17.2 Å². The van der Waals surface area contributed by atoms with E-state index in [1.807, 2.05) is 24.1 Å². The first kappa shape index (κ1) is 11.9. The van der Waals surface area contributed by atoms with Crippen LogP contribution in [-0.4, -0.2) is 35.9 Å². The van der Waals surface area contributed by atoms with E-state index >= 15 is 0 Å². The number of nitrogens with zero attached hydrogens (tertiary/aromatic N) is 2. The fourth-order valence-electron chi connectivity index (χ4n) is 2.22. The van der Waals surface area contributed by atoms with E-state index in [4.69, 9.17) is 0 Å². The van der Waals surface area contributed by atoms with Crippen LogP contribution in [0.1, 0.15) is 30.1 Å². The second-order valence-corrected chi connectivity index (χ2v) is 4.68. The van der Waals surface area contributed by atoms with E-state index in [1.54, 1.807) is 6.20 Å². The van der Waals surface area contributed by atoms with E-state index < -0.39 is 0 Å². The van der Waals surface area contributed by atoms with Crippen LogP contribution in [0, 0.1) is 5.92 Å². The highest BCUT2D eigenvalue weighted by Crippen LogP contribution is 2.18. The van der Waals surface area contributed by atoms with Gasteiger partial charge >= 0.3 is 0 Å². The highest BCUT2D eigenvalue weighted by molar-refractivity contribution is 5.94. The number of likely N-dealkylation sites (tertiary alicyclic amines) is 1. The lowest BCUT2D eigenvalue weighted by Crippen LogP contribution is -2.39. The summed E-state index contributed by atoms with van der Waals surface area (Å²) >= 11 is 0. The van der Waals surface area contributed by atoms with Crippen LogP contribution >= 0.6 is 0 Å². The number of rotatable bonds is 2. The molecule has 1 fully saturated rings. The number of hydrogen-bond acceptors (Lipinski definition) is 3. The first-order valence-electron chi connectivity index (χ1n) is 6.14. The molecule has 0 aromatic carbocycles. The summed E-state index contributed by atoms with van der Waals surface area (Å²) in [4.78, 5) is 18.3. The Kier molecular flexibility index (Phi) is 3.61. The zero-order valence-corrected chi connectivity index (χ0v) is 10.4. The van der Waals surface area contributed by atoms with E-state index in [0.717, 1.165) is 25.3 Å². The number of aromatic nitrogens is 1. The van der Waals surface area contributed by atoms with Gasteiger partial charge in [0.1, 0.15) is 5.82 Å². The van der Waals surface area contributed by atoms with Gasteiger partial charge in [0.25, 0.3) is 5.91 Å². The molecule has 17 heavy (non-hydrogen) atoms. The third kappa shape index (κ3) is 2.75. The second kappa shape index (κ2) is 5.17. The molecule has 1 aliphatic rings. The smallest absolute Gasteiger partial charge is 0.255 e. The van der Waals surface area contributed by atoms with Crippen LogP contribution in [0.5, 0.6) is 0 Å². The van der Waals surface area contributed by atoms with Gasteiger partial charge in [-0.05, 0) is 30.9 Å². The van der Waals surface area contributed by atoms with Crippen LogP contribution in [-0.2, 0) is 0 Å². The minimum absolute atomic E-state index is 0.103. The van der Waals surface area contributed by atoms with Gasteiger partial charge in [0.05, 0.1) is 5.56 Å². The van der Waals surface area contributed by atoms with Crippen LogP contribution < -0.4 is 5.32 Å². The predicted molar refractivity (Wildman–Crippen MR) is 68.1 cm³/mol. The maximum atomic E-state index is 12.2. The zero-order chi connectivity index (χ0) is 12.3. The molecule has 1 amide bonds. The van der Waals surface area contributed by atoms with Gasteiger partial charge in [-0.1, -0.05) is 6.92 Å². The van der Waals surface area contributed by atoms with Crippen molar-refractivity contribution in [2.75, 3.05) is 25.5 Å². The third-order valence-electron chi connectivity index (χ3n) is 3.21. The van der Waals surface area contributed by atoms with Crippen LogP contribution in [0.15, 0.2) is 18.3 Å². The van der Waals surface area contributed by atoms with Crippen molar-refractivity contribution in [3.63, 3.8) is 0 Å². The van der Waals surface area contributed by atoms with E-state index in [0.29, 0.717) is 11.5 Å². The quantitative estimate of drug-likeness (QED) is 0.849. The van der Waals surface area contributed by atoms with E-state index in [1.165, 1.54) is 6.42 Å². The number of amides is 1. The molecule has 0 saturated carbocycles. The first-order chi connectivity index (χ1) is 8.20. The highest BCUT2D eigenvalue weighted by atomic mass is 16.2. The summed E-state index contributed by atoms with van der Waals surface area (Å²) in [7, 11) is 1.82. The summed E-state index contributed by atoms with van der Waals surface area (Å²) in [5.41, 5.74) is 0.679. The second-order valence-electron chi connectivity index (χ2n) is 4.68. The minimum Gasteiger partial charge on any atom is -0.373 e. The Labute approximate surface area is 102 Å². The van der Waals surface area contributed by atoms with Gasteiger partial charge < -0.3 is 10.2 Å². The zero-order valence-electron chi connectivity index (χ0n) is 10.4. The van der Waals surface area contributed by atoms with Gasteiger partial charge in [-0.3, -0.25) is 4.79 Å². The molecule has 4 heteroatoms. The predicted octanol–water partition coefficient (Wildman–Crippen LogP) is 2.00. The SMILES string of the molecule is CNc1ccc(C(=O)N2CCCC(C)C2)cn1. The van der Waals surface area contributed by atoms with E-state index in [-0.39, 0.29) is 5.91 Å². The van der Waals surface area contributed by atoms with Gasteiger partial charge in [-0.25, -0.2) is 4.98 Å². The molecule has 0 bridgehead atoms. The molecule has 92 valence electrons. The summed E-state index contributed by atoms with van der Waals surface area (Å²) < 4.78 is 0. The van der Waals surface area contributed by atoms with Gasteiger partial charge in [-0.2, -0.15) is 0 Å². The minimum atomic E-state index is 0.103. The normalized spacial score (nSPS) is 20.1. The lowest BCUT2D eigenvalue weighted by Gasteiger charge is -2.30. The molecule has 1 N–H and O–H groups in total. The van der Waals surface area contributed by atoms with Gasteiger partial charge in [0.2, 0.25) is 0 Å². The lowest BCUT2D eigenvalue weighted by atomic mass is 10.00. The number of nitrogens with one attached hydrogen (secondary N) is 1. The van der Waals surface area contributed by atoms with Crippen molar-refractivity contribution < 1.29 is 4.79 Å². The Bertz CT molecular complexity index is 388. The number of carbonyl (C=O) groups excluding carboxylic acids is 1. The fourth-order valence-corrected chi connectivity index (χ4v) is 2.22. The summed E-state index contributed by atoms with van der Waals surface area (Å²) in [6, 6.07) is 3.67. The average molecular weight is 233 g/mol. The van der Waals surface area contributed by atoms with Crippen molar-refractivity contribution in [3.8, 4) is 0 Å². The molecule has 1 unspecified atom stereocenters. The largest absolute Gasteiger partial charge is 0.373 e. The molecule has 1 saturated heterocycles. The molecule has 0 spiro atoms. The number of piperidine rings is 1. The van der Waals surface area contributed by atoms with E-state index in [9.17, 15) is 4.79 Å². The van der Waals surface area contributed by atoms with Crippen LogP contribution in [0.2, 0.25) is 0 Å². The standard InChI is InChI=1S/C13H19N3O/c1-10-4-3-7-16(9-10)13(17)11-5-6-12(14-2)15-8-11/h5-6,8,10H,3-4,7,9H2,1-2H3,(H,14,15). The molecule has 1 aromatic heterocycles. The number of carbonyl (C=O) groups is 1. The van der Waals surface area contributed by atoms with Crippen LogP contribution in [0.3, 0.4) is 0 Å². The molecular weight excluding hydrogens is 214 g/mol. The van der Waals surface area contributed by atoms with Gasteiger partial charge in [0.15, 0.2) is 0 Å². The van der Waals surface area contributed by atoms with Crippen LogP contribution in [0.4, 0.5) is 5.82 Å². The maximum Gasteiger partial charge on any atom is 0.255 e. The molecular formula is C13H19N3O. The Morgan fingerprint density at radius 3 is 2.94 bits per heavy atom. The van der Waals surface area contributed by atoms with Crippen molar-refractivity contribution in [2.24, 2.45) is 5.92 Å². The molecule has 2 heterocycles. The first-order valence-corrected chi connectivity index (χ1v) is 6.14. The number of pyridine rings is 1. The topological polar surface area (TPSA) is 45.2 Å². The van der Waals surface area contributed by atoms with Crippen molar-refractivity contribution >= 4 is 11.7 Å². The average Bonchev–Trinajstić information content (AvgIpc) is 2.38. The molecule has 1 aliphatic heterocycles. The molecule has 0 aliphatic carbocycles. The summed E-state index contributed by atoms with van der Waals surface area (Å²) in [5.74, 6) is 1.50. The molecule has 1 aromatic rings. The summed E-state index contributed by atoms with van der Waals surface area (Å²) in [6.07, 6.45) is 3.98. The van der Waals surface area contributed by atoms with Crippen molar-refractivity contribution in [1.82, 2.24) is 9.88 Å². The Hall–Kier alpha value is -1.58.